The third-order valence-corrected chi connectivity index (χ3v) is 2.27. The second-order valence-electron chi connectivity index (χ2n) is 3.39. The molecule has 10 heavy (non-hydrogen) atoms. The average Bonchev–Trinajstić information content (AvgIpc) is 2.04. The lowest BCUT2D eigenvalue weighted by molar-refractivity contribution is -0.146. The number of cyclic esters (lactones) is 1. The molecule has 2 heteroatoms. The van der Waals surface area contributed by atoms with Gasteiger partial charge in [0.1, 0.15) is 5.60 Å². The van der Waals surface area contributed by atoms with Crippen molar-refractivity contribution in [2.75, 3.05) is 0 Å². The van der Waals surface area contributed by atoms with Crippen LogP contribution in [-0.4, -0.2) is 11.6 Å². The van der Waals surface area contributed by atoms with Crippen LogP contribution in [0.15, 0.2) is 0 Å². The minimum Gasteiger partial charge on any atom is -0.459 e. The van der Waals surface area contributed by atoms with Gasteiger partial charge in [0.15, 0.2) is 0 Å². The maximum atomic E-state index is 10.8. The van der Waals surface area contributed by atoms with E-state index in [4.69, 9.17) is 4.74 Å². The topological polar surface area (TPSA) is 26.3 Å². The highest BCUT2D eigenvalue weighted by atomic mass is 16.6. The van der Waals surface area contributed by atoms with Gasteiger partial charge in [-0.2, -0.15) is 0 Å². The molecule has 0 N–H and O–H groups in total. The highest BCUT2D eigenvalue weighted by Gasteiger charge is 2.40. The molecule has 0 saturated carbocycles. The summed E-state index contributed by atoms with van der Waals surface area (Å²) >= 11 is 0. The zero-order valence-electron chi connectivity index (χ0n) is 6.81. The minimum absolute atomic E-state index is 0.0446. The molecule has 0 aromatic carbocycles. The summed E-state index contributed by atoms with van der Waals surface area (Å²) in [7, 11) is 0. The smallest absolute Gasteiger partial charge is 0.306 e. The lowest BCUT2D eigenvalue weighted by Gasteiger charge is -2.22. The second-order valence-corrected chi connectivity index (χ2v) is 3.39. The van der Waals surface area contributed by atoms with Crippen LogP contribution in [-0.2, 0) is 9.53 Å². The van der Waals surface area contributed by atoms with Crippen LogP contribution in [0, 0.1) is 5.92 Å². The zero-order valence-corrected chi connectivity index (χ0v) is 6.81. The number of hydrogen-bond acceptors (Lipinski definition) is 2. The van der Waals surface area contributed by atoms with Crippen molar-refractivity contribution in [1.29, 1.82) is 0 Å². The van der Waals surface area contributed by atoms with E-state index in [2.05, 4.69) is 6.92 Å². The molecule has 1 aliphatic heterocycles. The van der Waals surface area contributed by atoms with Gasteiger partial charge in [-0.05, 0) is 20.3 Å². The van der Waals surface area contributed by atoms with Gasteiger partial charge in [0.2, 0.25) is 0 Å². The Morgan fingerprint density at radius 3 is 2.50 bits per heavy atom. The van der Waals surface area contributed by atoms with Crippen LogP contribution in [0.3, 0.4) is 0 Å². The fraction of sp³-hybridized carbons (Fsp3) is 0.875. The van der Waals surface area contributed by atoms with Gasteiger partial charge in [-0.3, -0.25) is 4.79 Å². The lowest BCUT2D eigenvalue weighted by Crippen LogP contribution is -2.26. The molecule has 1 heterocycles. The molecule has 0 aromatic rings. The number of rotatable bonds is 1. The SMILES string of the molecule is CCC1CC(=O)OC1(C)C. The highest BCUT2D eigenvalue weighted by molar-refractivity contribution is 5.72. The third-order valence-electron chi connectivity index (χ3n) is 2.27. The maximum Gasteiger partial charge on any atom is 0.306 e. The van der Waals surface area contributed by atoms with Crippen molar-refractivity contribution < 1.29 is 9.53 Å². The Morgan fingerprint density at radius 1 is 1.70 bits per heavy atom. The molecule has 0 bridgehead atoms. The van der Waals surface area contributed by atoms with Crippen LogP contribution < -0.4 is 0 Å². The van der Waals surface area contributed by atoms with Crippen molar-refractivity contribution in [3.8, 4) is 0 Å². The van der Waals surface area contributed by atoms with Crippen LogP contribution >= 0.6 is 0 Å². The van der Waals surface area contributed by atoms with Gasteiger partial charge in [-0.1, -0.05) is 6.92 Å². The summed E-state index contributed by atoms with van der Waals surface area (Å²) in [5.74, 6) is 0.372. The van der Waals surface area contributed by atoms with Gasteiger partial charge in [0.25, 0.3) is 0 Å². The zero-order chi connectivity index (χ0) is 7.78. The largest absolute Gasteiger partial charge is 0.459 e. The predicted molar refractivity (Wildman–Crippen MR) is 38.6 cm³/mol. The van der Waals surface area contributed by atoms with E-state index in [1.807, 2.05) is 13.8 Å². The number of carbonyl (C=O) groups is 1. The Hall–Kier alpha value is -0.530. The lowest BCUT2D eigenvalue weighted by atomic mass is 9.89. The first kappa shape index (κ1) is 7.58. The molecule has 1 unspecified atom stereocenters. The van der Waals surface area contributed by atoms with Gasteiger partial charge < -0.3 is 4.74 Å². The molecule has 0 radical (unpaired) electrons. The van der Waals surface area contributed by atoms with Crippen LogP contribution in [0.2, 0.25) is 0 Å². The number of carbonyl (C=O) groups excluding carboxylic acids is 1. The number of hydrogen-bond donors (Lipinski definition) is 0. The van der Waals surface area contributed by atoms with Crippen molar-refractivity contribution in [2.24, 2.45) is 5.92 Å². The first-order chi connectivity index (χ1) is 4.56. The van der Waals surface area contributed by atoms with Crippen molar-refractivity contribution >= 4 is 5.97 Å². The van der Waals surface area contributed by atoms with Gasteiger partial charge in [0.05, 0.1) is 6.42 Å². The maximum absolute atomic E-state index is 10.8. The predicted octanol–water partition coefficient (Wildman–Crippen LogP) is 1.74. The Kier molecular flexibility index (Phi) is 1.71. The molecule has 1 fully saturated rings. The van der Waals surface area contributed by atoms with Crippen molar-refractivity contribution in [3.63, 3.8) is 0 Å². The molecule has 1 atom stereocenters. The summed E-state index contributed by atoms with van der Waals surface area (Å²) in [6, 6.07) is 0. The van der Waals surface area contributed by atoms with Gasteiger partial charge >= 0.3 is 5.97 Å². The first-order valence-corrected chi connectivity index (χ1v) is 3.78. The van der Waals surface area contributed by atoms with E-state index in [0.717, 1.165) is 6.42 Å². The molecule has 0 amide bonds. The third kappa shape index (κ3) is 1.15. The molecular formula is C8H14O2. The fourth-order valence-corrected chi connectivity index (χ4v) is 1.50. The molecule has 2 nitrogen and oxygen atoms in total. The van der Waals surface area contributed by atoms with Gasteiger partial charge in [0, 0.05) is 5.92 Å². The summed E-state index contributed by atoms with van der Waals surface area (Å²) in [5, 5.41) is 0. The van der Waals surface area contributed by atoms with Gasteiger partial charge in [-0.15, -0.1) is 0 Å². The van der Waals surface area contributed by atoms with Crippen LogP contribution in [0.1, 0.15) is 33.6 Å². The van der Waals surface area contributed by atoms with Gasteiger partial charge in [-0.25, -0.2) is 0 Å². The Bertz CT molecular complexity index is 149. The van der Waals surface area contributed by atoms with Crippen molar-refractivity contribution in [2.45, 2.75) is 39.2 Å². The molecule has 1 saturated heterocycles. The van der Waals surface area contributed by atoms with Crippen molar-refractivity contribution in [1.82, 2.24) is 0 Å². The molecule has 0 spiro atoms. The standard InChI is InChI=1S/C8H14O2/c1-4-6-5-7(9)10-8(6,2)3/h6H,4-5H2,1-3H3. The number of esters is 1. The second kappa shape index (κ2) is 2.26. The highest BCUT2D eigenvalue weighted by Crippen LogP contribution is 2.34. The summed E-state index contributed by atoms with van der Waals surface area (Å²) in [5.41, 5.74) is -0.216. The fourth-order valence-electron chi connectivity index (χ4n) is 1.50. The first-order valence-electron chi connectivity index (χ1n) is 3.78. The quantitative estimate of drug-likeness (QED) is 0.521. The normalized spacial score (nSPS) is 30.3. The van der Waals surface area contributed by atoms with E-state index in [0.29, 0.717) is 12.3 Å². The molecular weight excluding hydrogens is 128 g/mol. The molecule has 1 rings (SSSR count). The summed E-state index contributed by atoms with van der Waals surface area (Å²) in [6.07, 6.45) is 1.63. The van der Waals surface area contributed by atoms with Crippen molar-refractivity contribution in [3.05, 3.63) is 0 Å². The molecule has 0 aliphatic carbocycles. The van der Waals surface area contributed by atoms with E-state index in [1.165, 1.54) is 0 Å². The van der Waals surface area contributed by atoms with E-state index >= 15 is 0 Å². The van der Waals surface area contributed by atoms with Crippen LogP contribution in [0.25, 0.3) is 0 Å². The van der Waals surface area contributed by atoms with E-state index in [-0.39, 0.29) is 11.6 Å². The molecule has 0 aromatic heterocycles. The summed E-state index contributed by atoms with van der Waals surface area (Å²) in [4.78, 5) is 10.8. The number of ether oxygens (including phenoxy) is 1. The summed E-state index contributed by atoms with van der Waals surface area (Å²) < 4.78 is 5.11. The van der Waals surface area contributed by atoms with Crippen LogP contribution in [0.5, 0.6) is 0 Å². The van der Waals surface area contributed by atoms with E-state index < -0.39 is 0 Å². The minimum atomic E-state index is -0.216. The molecule has 1 aliphatic rings. The Balaban J connectivity index is 2.67. The van der Waals surface area contributed by atoms with E-state index in [1.54, 1.807) is 0 Å². The monoisotopic (exact) mass is 142 g/mol. The molecule has 58 valence electrons. The Labute approximate surface area is 61.6 Å². The summed E-state index contributed by atoms with van der Waals surface area (Å²) in [6.45, 7) is 6.05. The Morgan fingerprint density at radius 2 is 2.30 bits per heavy atom. The van der Waals surface area contributed by atoms with Crippen LogP contribution in [0.4, 0.5) is 0 Å². The average molecular weight is 142 g/mol. The van der Waals surface area contributed by atoms with E-state index in [9.17, 15) is 4.79 Å².